The van der Waals surface area contributed by atoms with Gasteiger partial charge in [0.2, 0.25) is 5.91 Å². The van der Waals surface area contributed by atoms with Crippen LogP contribution >= 0.6 is 11.6 Å². The maximum absolute atomic E-state index is 11.8. The second-order valence-electron chi connectivity index (χ2n) is 3.65. The zero-order valence-electron chi connectivity index (χ0n) is 9.57. The Hall–Kier alpha value is -1.75. The van der Waals surface area contributed by atoms with E-state index in [1.165, 1.54) is 0 Å². The molecule has 0 saturated heterocycles. The Kier molecular flexibility index (Phi) is 4.34. The second-order valence-corrected chi connectivity index (χ2v) is 4.06. The summed E-state index contributed by atoms with van der Waals surface area (Å²) in [6.45, 7) is 3.34. The van der Waals surface area contributed by atoms with Gasteiger partial charge in [0.25, 0.3) is 0 Å². The van der Waals surface area contributed by atoms with Gasteiger partial charge in [0.15, 0.2) is 5.84 Å². The second kappa shape index (κ2) is 5.54. The Morgan fingerprint density at radius 2 is 2.24 bits per heavy atom. The minimum absolute atomic E-state index is 0.137. The lowest BCUT2D eigenvalue weighted by Gasteiger charge is -2.13. The highest BCUT2D eigenvalue weighted by Gasteiger charge is 2.18. The molecule has 0 heterocycles. The lowest BCUT2D eigenvalue weighted by Crippen LogP contribution is -2.32. The van der Waals surface area contributed by atoms with E-state index in [1.54, 1.807) is 32.0 Å². The van der Waals surface area contributed by atoms with Gasteiger partial charge in [0, 0.05) is 10.7 Å². The van der Waals surface area contributed by atoms with Crippen LogP contribution in [0.1, 0.15) is 12.5 Å². The lowest BCUT2D eigenvalue weighted by atomic mass is 10.1. The fraction of sp³-hybridized carbons (Fsp3) is 0.273. The molecule has 1 aromatic rings. The first kappa shape index (κ1) is 13.3. The van der Waals surface area contributed by atoms with Gasteiger partial charge < -0.3 is 16.3 Å². The predicted molar refractivity (Wildman–Crippen MR) is 67.4 cm³/mol. The number of nitrogens with zero attached hydrogens (tertiary/aromatic N) is 1. The molecule has 1 rings (SSSR count). The van der Waals surface area contributed by atoms with E-state index in [4.69, 9.17) is 22.5 Å². The molecule has 0 bridgehead atoms. The van der Waals surface area contributed by atoms with Gasteiger partial charge in [0.1, 0.15) is 0 Å². The Labute approximate surface area is 104 Å². The number of hydrogen-bond donors (Lipinski definition) is 3. The molecule has 1 unspecified atom stereocenters. The molecule has 0 aromatic heterocycles. The van der Waals surface area contributed by atoms with Crippen LogP contribution < -0.4 is 11.1 Å². The van der Waals surface area contributed by atoms with Crippen LogP contribution in [0.15, 0.2) is 23.4 Å². The lowest BCUT2D eigenvalue weighted by molar-refractivity contribution is -0.117. The van der Waals surface area contributed by atoms with Crippen molar-refractivity contribution in [2.24, 2.45) is 16.8 Å². The first-order valence-corrected chi connectivity index (χ1v) is 5.38. The fourth-order valence-electron chi connectivity index (χ4n) is 1.20. The first-order chi connectivity index (χ1) is 7.97. The number of carbonyl (C=O) groups is 1. The highest BCUT2D eigenvalue weighted by Crippen LogP contribution is 2.23. The van der Waals surface area contributed by atoms with Crippen molar-refractivity contribution in [3.8, 4) is 0 Å². The fourth-order valence-corrected chi connectivity index (χ4v) is 1.38. The van der Waals surface area contributed by atoms with Crippen molar-refractivity contribution in [1.29, 1.82) is 0 Å². The van der Waals surface area contributed by atoms with Gasteiger partial charge in [-0.05, 0) is 31.5 Å². The zero-order valence-corrected chi connectivity index (χ0v) is 10.3. The van der Waals surface area contributed by atoms with Gasteiger partial charge in [-0.2, -0.15) is 0 Å². The summed E-state index contributed by atoms with van der Waals surface area (Å²) < 4.78 is 0. The highest BCUT2D eigenvalue weighted by molar-refractivity contribution is 6.31. The van der Waals surface area contributed by atoms with E-state index in [0.29, 0.717) is 10.7 Å². The molecular formula is C11H14ClN3O2. The van der Waals surface area contributed by atoms with E-state index in [2.05, 4.69) is 10.5 Å². The number of hydrogen-bond acceptors (Lipinski definition) is 3. The molecule has 1 amide bonds. The summed E-state index contributed by atoms with van der Waals surface area (Å²) in [6, 6.07) is 5.21. The van der Waals surface area contributed by atoms with E-state index in [0.717, 1.165) is 5.56 Å². The number of rotatable bonds is 3. The summed E-state index contributed by atoms with van der Waals surface area (Å²) in [5.74, 6) is -1.20. The number of anilines is 1. The minimum Gasteiger partial charge on any atom is -0.409 e. The average molecular weight is 256 g/mol. The van der Waals surface area contributed by atoms with Crippen LogP contribution in [0.25, 0.3) is 0 Å². The summed E-state index contributed by atoms with van der Waals surface area (Å²) >= 11 is 5.93. The molecule has 0 aliphatic heterocycles. The third kappa shape index (κ3) is 3.10. The number of amidine groups is 1. The van der Waals surface area contributed by atoms with Crippen molar-refractivity contribution in [2.75, 3.05) is 5.32 Å². The summed E-state index contributed by atoms with van der Waals surface area (Å²) in [7, 11) is 0. The zero-order chi connectivity index (χ0) is 13.0. The van der Waals surface area contributed by atoms with E-state index in [-0.39, 0.29) is 11.7 Å². The molecule has 0 radical (unpaired) electrons. The summed E-state index contributed by atoms with van der Waals surface area (Å²) in [4.78, 5) is 11.8. The first-order valence-electron chi connectivity index (χ1n) is 5.00. The number of amides is 1. The number of nitrogens with two attached hydrogens (primary N) is 1. The van der Waals surface area contributed by atoms with Crippen LogP contribution in [0, 0.1) is 12.8 Å². The van der Waals surface area contributed by atoms with Gasteiger partial charge >= 0.3 is 0 Å². The molecule has 0 spiro atoms. The number of nitrogens with one attached hydrogen (secondary N) is 1. The van der Waals surface area contributed by atoms with Gasteiger partial charge in [-0.3, -0.25) is 4.79 Å². The SMILES string of the molecule is Cc1c(Cl)cccc1NC(=O)C(C)C(N)=NO. The predicted octanol–water partition coefficient (Wildman–Crippen LogP) is 1.97. The average Bonchev–Trinajstić information content (AvgIpc) is 2.32. The normalized spacial score (nSPS) is 13.2. The minimum atomic E-state index is -0.710. The van der Waals surface area contributed by atoms with Crippen LogP contribution in [-0.2, 0) is 4.79 Å². The van der Waals surface area contributed by atoms with Gasteiger partial charge in [-0.1, -0.05) is 22.8 Å². The van der Waals surface area contributed by atoms with Crippen LogP contribution in [0.4, 0.5) is 5.69 Å². The van der Waals surface area contributed by atoms with Crippen molar-refractivity contribution in [3.05, 3.63) is 28.8 Å². The maximum atomic E-state index is 11.8. The molecule has 4 N–H and O–H groups in total. The van der Waals surface area contributed by atoms with E-state index < -0.39 is 5.92 Å². The van der Waals surface area contributed by atoms with Crippen molar-refractivity contribution < 1.29 is 10.0 Å². The molecule has 1 aromatic carbocycles. The Morgan fingerprint density at radius 3 is 2.82 bits per heavy atom. The molecule has 0 aliphatic rings. The van der Waals surface area contributed by atoms with Gasteiger partial charge in [0.05, 0.1) is 5.92 Å². The Balaban J connectivity index is 2.85. The molecule has 1 atom stereocenters. The molecule has 5 nitrogen and oxygen atoms in total. The van der Waals surface area contributed by atoms with Crippen LogP contribution in [0.5, 0.6) is 0 Å². The van der Waals surface area contributed by atoms with Gasteiger partial charge in [-0.25, -0.2) is 0 Å². The smallest absolute Gasteiger partial charge is 0.234 e. The van der Waals surface area contributed by atoms with E-state index >= 15 is 0 Å². The maximum Gasteiger partial charge on any atom is 0.234 e. The quantitative estimate of drug-likeness (QED) is 0.334. The molecule has 0 aliphatic carbocycles. The Morgan fingerprint density at radius 1 is 1.59 bits per heavy atom. The number of carbonyl (C=O) groups excluding carboxylic acids is 1. The van der Waals surface area contributed by atoms with Crippen molar-refractivity contribution in [3.63, 3.8) is 0 Å². The molecule has 0 fully saturated rings. The molecule has 0 saturated carbocycles. The summed E-state index contributed by atoms with van der Waals surface area (Å²) in [5.41, 5.74) is 6.74. The van der Waals surface area contributed by atoms with E-state index in [9.17, 15) is 4.79 Å². The largest absolute Gasteiger partial charge is 0.409 e. The standard InChI is InChI=1S/C11H14ClN3O2/c1-6-8(12)4-3-5-9(6)14-11(16)7(2)10(13)15-17/h3-5,7,17H,1-2H3,(H2,13,15)(H,14,16). The van der Waals surface area contributed by atoms with Crippen molar-refractivity contribution in [2.45, 2.75) is 13.8 Å². The molecular weight excluding hydrogens is 242 g/mol. The van der Waals surface area contributed by atoms with Crippen LogP contribution in [0.2, 0.25) is 5.02 Å². The van der Waals surface area contributed by atoms with E-state index in [1.807, 2.05) is 0 Å². The number of oxime groups is 1. The molecule has 17 heavy (non-hydrogen) atoms. The topological polar surface area (TPSA) is 87.7 Å². The van der Waals surface area contributed by atoms with Gasteiger partial charge in [-0.15, -0.1) is 0 Å². The molecule has 6 heteroatoms. The molecule has 92 valence electrons. The van der Waals surface area contributed by atoms with Crippen molar-refractivity contribution >= 4 is 29.0 Å². The third-order valence-corrected chi connectivity index (χ3v) is 2.89. The van der Waals surface area contributed by atoms with Crippen molar-refractivity contribution in [1.82, 2.24) is 0 Å². The Bertz CT molecular complexity index is 460. The highest BCUT2D eigenvalue weighted by atomic mass is 35.5. The monoisotopic (exact) mass is 255 g/mol. The number of benzene rings is 1. The summed E-state index contributed by atoms with van der Waals surface area (Å²) in [5, 5.41) is 14.5. The van der Waals surface area contributed by atoms with Crippen LogP contribution in [0.3, 0.4) is 0 Å². The number of halogens is 1. The summed E-state index contributed by atoms with van der Waals surface area (Å²) in [6.07, 6.45) is 0. The van der Waals surface area contributed by atoms with Crippen LogP contribution in [-0.4, -0.2) is 17.0 Å². The third-order valence-electron chi connectivity index (χ3n) is 2.48.